The van der Waals surface area contributed by atoms with Crippen molar-refractivity contribution in [2.45, 2.75) is 262 Å². The summed E-state index contributed by atoms with van der Waals surface area (Å²) in [6.07, 6.45) is 23.0. The topological polar surface area (TPSA) is 206 Å². The smallest absolute Gasteiger partial charge is 0.391 e. The molecule has 12 nitrogen and oxygen atoms in total. The molecule has 1 saturated carbocycles. The minimum Gasteiger partial charge on any atom is -0.391 e. The highest BCUT2D eigenvalue weighted by Crippen LogP contribution is 2.47. The van der Waals surface area contributed by atoms with E-state index in [1.54, 1.807) is 0 Å². The molecule has 0 aromatic carbocycles. The Labute approximate surface area is 340 Å². The maximum Gasteiger partial charge on any atom is 0.472 e. The molecule has 0 aromatic rings. The van der Waals surface area contributed by atoms with Crippen molar-refractivity contribution in [2.24, 2.45) is 0 Å². The SMILES string of the molecule is CCCCCCCCCCCCCCCCCCCCCCC(=O)N[C@@H](COP(=O)(O)OC1C(O)C(O)C(O)[C@@H](O)C1O)[C@H](O)CCCCCCCCCCC. The van der Waals surface area contributed by atoms with Crippen LogP contribution in [-0.2, 0) is 18.4 Å². The first-order valence-corrected chi connectivity index (χ1v) is 24.5. The first-order valence-electron chi connectivity index (χ1n) is 23.0. The average molecular weight is 824 g/mol. The number of hydrogen-bond donors (Lipinski definition) is 8. The molecule has 0 aliphatic heterocycles. The van der Waals surface area contributed by atoms with E-state index in [2.05, 4.69) is 19.2 Å². The monoisotopic (exact) mass is 824 g/mol. The van der Waals surface area contributed by atoms with Gasteiger partial charge in [-0.25, -0.2) is 4.57 Å². The highest BCUT2D eigenvalue weighted by Gasteiger charge is 2.51. The van der Waals surface area contributed by atoms with E-state index >= 15 is 0 Å². The maximum atomic E-state index is 12.9. The minimum absolute atomic E-state index is 0.242. The van der Waals surface area contributed by atoms with E-state index in [1.165, 1.54) is 135 Å². The summed E-state index contributed by atoms with van der Waals surface area (Å²) in [5.74, 6) is -0.306. The molecule has 1 amide bonds. The molecule has 0 spiro atoms. The van der Waals surface area contributed by atoms with Crippen molar-refractivity contribution in [1.29, 1.82) is 0 Å². The number of aliphatic hydroxyl groups is 6. The molecule has 1 rings (SSSR count). The molecule has 1 aliphatic carbocycles. The summed E-state index contributed by atoms with van der Waals surface area (Å²) in [4.78, 5) is 23.3. The summed E-state index contributed by atoms with van der Waals surface area (Å²) in [6.45, 7) is 3.86. The van der Waals surface area contributed by atoms with Crippen LogP contribution in [0.25, 0.3) is 0 Å². The van der Waals surface area contributed by atoms with Crippen LogP contribution >= 0.6 is 7.82 Å². The first-order chi connectivity index (χ1) is 26.9. The van der Waals surface area contributed by atoms with Crippen LogP contribution in [-0.4, -0.2) is 96.8 Å². The lowest BCUT2D eigenvalue weighted by molar-refractivity contribution is -0.220. The lowest BCUT2D eigenvalue weighted by Crippen LogP contribution is -2.64. The Bertz CT molecular complexity index is 962. The number of aliphatic hydroxyl groups excluding tert-OH is 6. The van der Waals surface area contributed by atoms with Crippen LogP contribution in [0.15, 0.2) is 0 Å². The van der Waals surface area contributed by atoms with Gasteiger partial charge >= 0.3 is 7.82 Å². The van der Waals surface area contributed by atoms with E-state index in [0.717, 1.165) is 38.5 Å². The van der Waals surface area contributed by atoms with Gasteiger partial charge in [0, 0.05) is 6.42 Å². The molecule has 6 unspecified atom stereocenters. The zero-order chi connectivity index (χ0) is 41.4. The Morgan fingerprint density at radius 3 is 1.23 bits per heavy atom. The van der Waals surface area contributed by atoms with Crippen molar-refractivity contribution in [1.82, 2.24) is 5.32 Å². The number of unbranched alkanes of at least 4 members (excludes halogenated alkanes) is 27. The van der Waals surface area contributed by atoms with Gasteiger partial charge in [-0.3, -0.25) is 13.8 Å². The highest BCUT2D eigenvalue weighted by atomic mass is 31.2. The summed E-state index contributed by atoms with van der Waals surface area (Å²) in [6, 6.07) is -1.02. The summed E-state index contributed by atoms with van der Waals surface area (Å²) < 4.78 is 22.9. The van der Waals surface area contributed by atoms with Gasteiger partial charge in [0.1, 0.15) is 36.6 Å². The van der Waals surface area contributed by atoms with Gasteiger partial charge in [0.15, 0.2) is 0 Å². The molecule has 0 saturated heterocycles. The van der Waals surface area contributed by atoms with E-state index in [4.69, 9.17) is 9.05 Å². The molecule has 56 heavy (non-hydrogen) atoms. The Morgan fingerprint density at radius 2 is 0.857 bits per heavy atom. The summed E-state index contributed by atoms with van der Waals surface area (Å²) >= 11 is 0. The van der Waals surface area contributed by atoms with E-state index in [-0.39, 0.29) is 12.3 Å². The number of phosphoric acid groups is 1. The molecule has 9 atom stereocenters. The van der Waals surface area contributed by atoms with Gasteiger partial charge in [0.2, 0.25) is 5.91 Å². The van der Waals surface area contributed by atoms with Crippen LogP contribution in [0.3, 0.4) is 0 Å². The van der Waals surface area contributed by atoms with Gasteiger partial charge in [0.05, 0.1) is 18.8 Å². The lowest BCUT2D eigenvalue weighted by Gasteiger charge is -2.41. The predicted molar refractivity (Wildman–Crippen MR) is 223 cm³/mol. The molecule has 0 aromatic heterocycles. The lowest BCUT2D eigenvalue weighted by atomic mass is 9.85. The summed E-state index contributed by atoms with van der Waals surface area (Å²) in [5.41, 5.74) is 0. The van der Waals surface area contributed by atoms with Crippen LogP contribution in [0.1, 0.15) is 213 Å². The third-order valence-corrected chi connectivity index (χ3v) is 12.4. The number of amides is 1. The van der Waals surface area contributed by atoms with Crippen LogP contribution in [0.5, 0.6) is 0 Å². The van der Waals surface area contributed by atoms with Crippen LogP contribution in [0.4, 0.5) is 0 Å². The highest BCUT2D eigenvalue weighted by molar-refractivity contribution is 7.47. The predicted octanol–water partition coefficient (Wildman–Crippen LogP) is 8.29. The molecule has 334 valence electrons. The average Bonchev–Trinajstić information content (AvgIpc) is 3.18. The number of carbonyl (C=O) groups is 1. The Hall–Kier alpha value is -0.660. The second-order valence-corrected chi connectivity index (χ2v) is 18.0. The maximum absolute atomic E-state index is 12.9. The zero-order valence-corrected chi connectivity index (χ0v) is 36.4. The fraction of sp³-hybridized carbons (Fsp3) is 0.977. The minimum atomic E-state index is -5.04. The number of phosphoric ester groups is 1. The van der Waals surface area contributed by atoms with Crippen molar-refractivity contribution in [3.63, 3.8) is 0 Å². The Kier molecular flexibility index (Phi) is 32.5. The molecule has 13 heteroatoms. The van der Waals surface area contributed by atoms with Crippen molar-refractivity contribution < 1.29 is 53.9 Å². The van der Waals surface area contributed by atoms with Gasteiger partial charge in [-0.1, -0.05) is 194 Å². The third kappa shape index (κ3) is 25.7. The molecule has 0 radical (unpaired) electrons. The molecule has 1 aliphatic rings. The molecule has 1 fully saturated rings. The van der Waals surface area contributed by atoms with Crippen molar-refractivity contribution >= 4 is 13.7 Å². The van der Waals surface area contributed by atoms with Gasteiger partial charge in [-0.2, -0.15) is 0 Å². The second kappa shape index (κ2) is 34.1. The van der Waals surface area contributed by atoms with E-state index in [1.807, 2.05) is 0 Å². The number of nitrogens with one attached hydrogen (secondary N) is 1. The number of hydrogen-bond acceptors (Lipinski definition) is 10. The molecule has 0 heterocycles. The number of rotatable bonds is 38. The van der Waals surface area contributed by atoms with Crippen LogP contribution < -0.4 is 5.32 Å². The second-order valence-electron chi connectivity index (χ2n) is 16.6. The third-order valence-electron chi connectivity index (χ3n) is 11.4. The quantitative estimate of drug-likeness (QED) is 0.0220. The van der Waals surface area contributed by atoms with Gasteiger partial charge < -0.3 is 40.8 Å². The Balaban J connectivity index is 2.37. The molecular weight excluding hydrogens is 737 g/mol. The molecule has 0 bridgehead atoms. The first kappa shape index (κ1) is 53.4. The van der Waals surface area contributed by atoms with E-state index < -0.39 is 63.2 Å². The fourth-order valence-electron chi connectivity index (χ4n) is 7.61. The van der Waals surface area contributed by atoms with E-state index in [9.17, 15) is 44.9 Å². The molecule has 8 N–H and O–H groups in total. The van der Waals surface area contributed by atoms with Crippen LogP contribution in [0, 0.1) is 0 Å². The fourth-order valence-corrected chi connectivity index (χ4v) is 8.58. The van der Waals surface area contributed by atoms with Gasteiger partial charge in [0.25, 0.3) is 0 Å². The van der Waals surface area contributed by atoms with Crippen molar-refractivity contribution in [3.8, 4) is 0 Å². The zero-order valence-electron chi connectivity index (χ0n) is 35.5. The van der Waals surface area contributed by atoms with Crippen molar-refractivity contribution in [2.75, 3.05) is 6.61 Å². The van der Waals surface area contributed by atoms with Crippen molar-refractivity contribution in [3.05, 3.63) is 0 Å². The van der Waals surface area contributed by atoms with Crippen LogP contribution in [0.2, 0.25) is 0 Å². The number of carbonyl (C=O) groups excluding carboxylic acids is 1. The largest absolute Gasteiger partial charge is 0.472 e. The van der Waals surface area contributed by atoms with Gasteiger partial charge in [-0.05, 0) is 12.8 Å². The Morgan fingerprint density at radius 1 is 0.536 bits per heavy atom. The standard InChI is InChI=1S/C43H86NO11P/c1-3-5-7-9-11-13-14-15-16-17-18-19-20-21-22-23-25-27-29-31-33-37(46)44-35(36(45)32-30-28-26-24-12-10-8-6-4-2)34-54-56(52,53)55-43-41(50)39(48)38(47)40(49)42(43)51/h35-36,38-43,45,47-51H,3-34H2,1-2H3,(H,44,46)(H,52,53)/t35-,36+,38?,39+,40?,41?,42?,43?/m0/s1. The normalized spacial score (nSPS) is 23.5. The van der Waals surface area contributed by atoms with E-state index in [0.29, 0.717) is 19.3 Å². The molecular formula is C43H86NO11P. The van der Waals surface area contributed by atoms with Gasteiger partial charge in [-0.15, -0.1) is 0 Å². The summed E-state index contributed by atoms with van der Waals surface area (Å²) in [5, 5.41) is 63.9. The summed E-state index contributed by atoms with van der Waals surface area (Å²) in [7, 11) is -5.04.